The number of benzene rings is 1. The minimum atomic E-state index is -2.76. The number of hydrogen-bond donors (Lipinski definition) is 1. The maximum atomic E-state index is 13.9. The Kier molecular flexibility index (Phi) is 9.12. The van der Waals surface area contributed by atoms with Crippen LogP contribution in [0.2, 0.25) is 0 Å². The molecule has 1 unspecified atom stereocenters. The van der Waals surface area contributed by atoms with Crippen molar-refractivity contribution in [1.82, 2.24) is 5.32 Å². The largest absolute Gasteiger partial charge is 0.353 e. The lowest BCUT2D eigenvalue weighted by atomic mass is 10.0. The molecule has 0 aliphatic carbocycles. The molecule has 1 fully saturated rings. The molecule has 0 radical (unpaired) electrons. The van der Waals surface area contributed by atoms with Gasteiger partial charge in [-0.05, 0) is 25.6 Å². The van der Waals surface area contributed by atoms with E-state index in [0.29, 0.717) is 12.7 Å². The highest BCUT2D eigenvalue weighted by Crippen LogP contribution is 2.36. The quantitative estimate of drug-likeness (QED) is 0.788. The fraction of sp³-hybridized carbons (Fsp3) is 0.625. The molecule has 1 aliphatic rings. The van der Waals surface area contributed by atoms with Gasteiger partial charge in [-0.25, -0.2) is 17.6 Å². The first-order valence-electron chi connectivity index (χ1n) is 7.49. The number of rotatable bonds is 2. The van der Waals surface area contributed by atoms with Crippen molar-refractivity contribution in [2.75, 3.05) is 25.7 Å². The standard InChI is InChI=1S/C13H16F4N2.C2H6.CH3F/c1-8-5-9(14)6-10(15)12(8)19-4-3-13(16,17)7-11(19)18-2;2*1-2/h5-6,11,18H,3-4,7H2,1-2H3;1-2H3;1H3. The van der Waals surface area contributed by atoms with E-state index in [4.69, 9.17) is 0 Å². The van der Waals surface area contributed by atoms with E-state index < -0.39 is 23.7 Å². The number of piperidine rings is 1. The van der Waals surface area contributed by atoms with Crippen LogP contribution in [0.4, 0.5) is 27.6 Å². The van der Waals surface area contributed by atoms with Gasteiger partial charge in [0, 0.05) is 25.5 Å². The van der Waals surface area contributed by atoms with E-state index in [1.807, 2.05) is 13.8 Å². The third-order valence-corrected chi connectivity index (χ3v) is 3.43. The first-order chi connectivity index (χ1) is 10.8. The molecule has 23 heavy (non-hydrogen) atoms. The minimum Gasteiger partial charge on any atom is -0.353 e. The summed E-state index contributed by atoms with van der Waals surface area (Å²) in [4.78, 5) is 1.54. The summed E-state index contributed by atoms with van der Waals surface area (Å²) in [5, 5.41) is 2.76. The average molecular weight is 340 g/mol. The van der Waals surface area contributed by atoms with Gasteiger partial charge in [-0.1, -0.05) is 13.8 Å². The van der Waals surface area contributed by atoms with Gasteiger partial charge in [-0.3, -0.25) is 4.39 Å². The lowest BCUT2D eigenvalue weighted by Gasteiger charge is -2.41. The first-order valence-corrected chi connectivity index (χ1v) is 7.49. The van der Waals surface area contributed by atoms with Gasteiger partial charge in [-0.15, -0.1) is 0 Å². The van der Waals surface area contributed by atoms with E-state index in [0.717, 1.165) is 6.07 Å². The number of hydrogen-bond acceptors (Lipinski definition) is 2. The molecular weight excluding hydrogens is 315 g/mol. The molecule has 2 rings (SSSR count). The summed E-state index contributed by atoms with van der Waals surface area (Å²) in [5.41, 5.74) is 0.596. The Morgan fingerprint density at radius 3 is 2.22 bits per heavy atom. The molecule has 0 aromatic heterocycles. The third-order valence-electron chi connectivity index (χ3n) is 3.43. The number of nitrogens with one attached hydrogen (secondary N) is 1. The zero-order chi connectivity index (χ0) is 18.2. The summed E-state index contributed by atoms with van der Waals surface area (Å²) < 4.78 is 63.2. The monoisotopic (exact) mass is 340 g/mol. The van der Waals surface area contributed by atoms with Crippen molar-refractivity contribution < 1.29 is 22.0 Å². The van der Waals surface area contributed by atoms with Crippen LogP contribution in [0.5, 0.6) is 0 Å². The lowest BCUT2D eigenvalue weighted by Crippen LogP contribution is -2.53. The van der Waals surface area contributed by atoms with Crippen LogP contribution in [0.15, 0.2) is 12.1 Å². The van der Waals surface area contributed by atoms with E-state index in [1.165, 1.54) is 6.07 Å². The van der Waals surface area contributed by atoms with Crippen molar-refractivity contribution in [3.63, 3.8) is 0 Å². The Morgan fingerprint density at radius 1 is 1.17 bits per heavy atom. The van der Waals surface area contributed by atoms with Crippen molar-refractivity contribution in [1.29, 1.82) is 0 Å². The topological polar surface area (TPSA) is 15.3 Å². The number of anilines is 1. The van der Waals surface area contributed by atoms with Crippen LogP contribution < -0.4 is 10.2 Å². The second kappa shape index (κ2) is 9.70. The molecule has 0 spiro atoms. The predicted octanol–water partition coefficient (Wildman–Crippen LogP) is 4.67. The summed E-state index contributed by atoms with van der Waals surface area (Å²) in [5.74, 6) is -4.14. The third kappa shape index (κ3) is 5.64. The Morgan fingerprint density at radius 2 is 1.74 bits per heavy atom. The smallest absolute Gasteiger partial charge is 0.253 e. The predicted molar refractivity (Wildman–Crippen MR) is 83.8 cm³/mol. The first kappa shape index (κ1) is 21.6. The molecule has 1 atom stereocenters. The highest BCUT2D eigenvalue weighted by atomic mass is 19.3. The molecule has 0 amide bonds. The number of halogens is 5. The summed E-state index contributed by atoms with van der Waals surface area (Å²) in [6, 6.07) is 1.99. The van der Waals surface area contributed by atoms with Crippen molar-refractivity contribution in [2.24, 2.45) is 0 Å². The zero-order valence-corrected chi connectivity index (χ0v) is 14.2. The molecule has 1 aromatic carbocycles. The van der Waals surface area contributed by atoms with Crippen LogP contribution in [0, 0.1) is 18.6 Å². The Balaban J connectivity index is 0.00000112. The molecule has 1 aliphatic heterocycles. The fourth-order valence-electron chi connectivity index (χ4n) is 2.52. The number of nitrogens with zero attached hydrogens (tertiary/aromatic N) is 1. The summed E-state index contributed by atoms with van der Waals surface area (Å²) in [7, 11) is 2.05. The van der Waals surface area contributed by atoms with Gasteiger partial charge in [0.05, 0.1) is 19.0 Å². The van der Waals surface area contributed by atoms with Gasteiger partial charge in [0.1, 0.15) is 11.6 Å². The van der Waals surface area contributed by atoms with Gasteiger partial charge >= 0.3 is 0 Å². The molecule has 1 N–H and O–H groups in total. The molecule has 1 saturated heterocycles. The van der Waals surface area contributed by atoms with Gasteiger partial charge in [0.25, 0.3) is 5.92 Å². The Bertz CT molecular complexity index is 457. The zero-order valence-electron chi connectivity index (χ0n) is 14.2. The second-order valence-electron chi connectivity index (χ2n) is 4.86. The van der Waals surface area contributed by atoms with Gasteiger partial charge in [0.15, 0.2) is 0 Å². The van der Waals surface area contributed by atoms with Crippen molar-refractivity contribution in [2.45, 2.75) is 45.7 Å². The molecule has 0 saturated carbocycles. The number of aryl methyl sites for hydroxylation is 1. The van der Waals surface area contributed by atoms with Crippen LogP contribution in [0.25, 0.3) is 0 Å². The molecule has 0 bridgehead atoms. The maximum absolute atomic E-state index is 13.9. The SMILES string of the molecule is CC.CF.CNC1CC(F)(F)CCN1c1c(C)cc(F)cc1F. The summed E-state index contributed by atoms with van der Waals surface area (Å²) in [6.07, 6.45) is -1.39. The molecule has 2 nitrogen and oxygen atoms in total. The van der Waals surface area contributed by atoms with Crippen molar-refractivity contribution >= 4 is 5.69 Å². The summed E-state index contributed by atoms with van der Waals surface area (Å²) >= 11 is 0. The fourth-order valence-corrected chi connectivity index (χ4v) is 2.52. The van der Waals surface area contributed by atoms with Crippen LogP contribution in [-0.4, -0.2) is 32.9 Å². The molecule has 134 valence electrons. The highest BCUT2D eigenvalue weighted by Gasteiger charge is 2.40. The van der Waals surface area contributed by atoms with E-state index >= 15 is 0 Å². The molecule has 1 aromatic rings. The van der Waals surface area contributed by atoms with Crippen LogP contribution in [-0.2, 0) is 0 Å². The highest BCUT2D eigenvalue weighted by molar-refractivity contribution is 5.55. The van der Waals surface area contributed by atoms with E-state index in [9.17, 15) is 22.0 Å². The lowest BCUT2D eigenvalue weighted by molar-refractivity contribution is -0.0367. The van der Waals surface area contributed by atoms with Crippen LogP contribution >= 0.6 is 0 Å². The van der Waals surface area contributed by atoms with Gasteiger partial charge in [-0.2, -0.15) is 0 Å². The Hall–Kier alpha value is -1.37. The van der Waals surface area contributed by atoms with Gasteiger partial charge < -0.3 is 10.2 Å². The maximum Gasteiger partial charge on any atom is 0.253 e. The molecular formula is C16H25F5N2. The van der Waals surface area contributed by atoms with E-state index in [-0.39, 0.29) is 25.1 Å². The van der Waals surface area contributed by atoms with Gasteiger partial charge in [0.2, 0.25) is 0 Å². The molecule has 1 heterocycles. The van der Waals surface area contributed by atoms with Crippen molar-refractivity contribution in [3.05, 3.63) is 29.3 Å². The van der Waals surface area contributed by atoms with E-state index in [2.05, 4.69) is 5.32 Å². The normalized spacial score (nSPS) is 19.2. The van der Waals surface area contributed by atoms with Crippen molar-refractivity contribution in [3.8, 4) is 0 Å². The minimum absolute atomic E-state index is 0.0297. The van der Waals surface area contributed by atoms with Crippen LogP contribution in [0.3, 0.4) is 0 Å². The Labute approximate surface area is 134 Å². The van der Waals surface area contributed by atoms with E-state index in [1.54, 1.807) is 18.9 Å². The average Bonchev–Trinajstić information content (AvgIpc) is 2.51. The molecule has 7 heteroatoms. The van der Waals surface area contributed by atoms with Crippen LogP contribution in [0.1, 0.15) is 32.3 Å². The second-order valence-corrected chi connectivity index (χ2v) is 4.86. The summed E-state index contributed by atoms with van der Waals surface area (Å²) in [6.45, 7) is 5.60. The number of alkyl halides is 3.